The highest BCUT2D eigenvalue weighted by molar-refractivity contribution is 6.99. The number of aryl methyl sites for hydroxylation is 4. The monoisotopic (exact) mass is 1470 g/mol. The van der Waals surface area contributed by atoms with Crippen LogP contribution in [0.2, 0.25) is 0 Å². The lowest BCUT2D eigenvalue weighted by molar-refractivity contribution is 0.464. The van der Waals surface area contributed by atoms with E-state index in [2.05, 4.69) is 361 Å². The molecule has 0 saturated carbocycles. The highest BCUT2D eigenvalue weighted by atomic mass is 16.5. The van der Waals surface area contributed by atoms with E-state index < -0.39 is 0 Å². The van der Waals surface area contributed by atoms with Gasteiger partial charge in [0.25, 0.3) is 20.1 Å². The molecule has 0 fully saturated rings. The van der Waals surface area contributed by atoms with Gasteiger partial charge in [0.2, 0.25) is 0 Å². The van der Waals surface area contributed by atoms with Crippen LogP contribution in [0, 0.1) is 27.7 Å². The maximum absolute atomic E-state index is 6.59. The summed E-state index contributed by atoms with van der Waals surface area (Å²) in [7, 11) is 0. The molecule has 115 heavy (non-hydrogen) atoms. The lowest BCUT2D eigenvalue weighted by Gasteiger charge is -2.33. The van der Waals surface area contributed by atoms with Crippen LogP contribution in [0.3, 0.4) is 0 Å². The van der Waals surface area contributed by atoms with Crippen LogP contribution in [-0.4, -0.2) is 20.1 Å². The Kier molecular flexibility index (Phi) is 17.0. The Hall–Kier alpha value is -14.3. The first-order valence-electron chi connectivity index (χ1n) is 39.5. The van der Waals surface area contributed by atoms with Crippen LogP contribution >= 0.6 is 0 Å². The van der Waals surface area contributed by atoms with Crippen LogP contribution in [0.5, 0.6) is 69.0 Å². The largest absolute Gasteiger partial charge is 0.458 e. The van der Waals surface area contributed by atoms with Crippen LogP contribution in [0.4, 0.5) is 0 Å². The highest BCUT2D eigenvalue weighted by Gasteiger charge is 2.44. The standard InChI is InChI=1S/C38H27BO2.C37H25BO2.C31H21BO2/c1-24-11-3-5-13-30(24)28-19-26(20-29(21-28)31-14-6-4-12-25(31)2)27-22-36-38-37(23-27)41-35-18-10-8-16-33(35)39(38)32-15-7-9-17-34(32)40-36;1-24-11-5-6-14-30(24)29-20-26(25-12-3-2-4-13-25)19-27(21-29)28-22-35-37-36(23-28)40-34-18-10-8-16-32(34)38(37)31-15-7-9-17-33(31)39-35;1-20-9-2-3-12-24(20)22-11-8-10-21(17-22)23-18-29-31-30(19-23)34-28-16-7-5-14-26(28)32(31)25-13-4-6-15-27(25)33-29/h3-23H,1-2H3;2-23H,1H3;2-19H,1H3. The third-order valence-corrected chi connectivity index (χ3v) is 23.5. The van der Waals surface area contributed by atoms with E-state index in [4.69, 9.17) is 28.4 Å². The van der Waals surface area contributed by atoms with E-state index in [1.165, 1.54) is 111 Å². The van der Waals surface area contributed by atoms with E-state index >= 15 is 0 Å². The van der Waals surface area contributed by atoms with Crippen molar-refractivity contribution in [3.05, 3.63) is 392 Å². The summed E-state index contributed by atoms with van der Waals surface area (Å²) < 4.78 is 39.2. The molecule has 6 aliphatic heterocycles. The number of fused-ring (bicyclic) bond motifs is 12. The summed E-state index contributed by atoms with van der Waals surface area (Å²) in [5.74, 6) is 10.6. The van der Waals surface area contributed by atoms with Gasteiger partial charge in [0.05, 0.1) is 0 Å². The zero-order valence-electron chi connectivity index (χ0n) is 63.9. The summed E-state index contributed by atoms with van der Waals surface area (Å²) in [6, 6.07) is 130. The van der Waals surface area contributed by atoms with Crippen molar-refractivity contribution in [1.82, 2.24) is 0 Å². The van der Waals surface area contributed by atoms with Crippen LogP contribution in [0.1, 0.15) is 22.3 Å². The van der Waals surface area contributed by atoms with Crippen molar-refractivity contribution in [1.29, 1.82) is 0 Å². The molecular weight excluding hydrogens is 1400 g/mol. The first kappa shape index (κ1) is 68.7. The normalized spacial score (nSPS) is 12.5. The Balaban J connectivity index is 0.000000109. The molecule has 0 saturated heterocycles. The molecule has 0 bridgehead atoms. The summed E-state index contributed by atoms with van der Waals surface area (Å²) in [6.07, 6.45) is 0. The number of hydrogen-bond acceptors (Lipinski definition) is 6. The van der Waals surface area contributed by atoms with Gasteiger partial charge in [-0.3, -0.25) is 0 Å². The van der Waals surface area contributed by atoms with Crippen molar-refractivity contribution < 1.29 is 28.4 Å². The van der Waals surface area contributed by atoms with Gasteiger partial charge in [0, 0.05) is 16.4 Å². The van der Waals surface area contributed by atoms with Crippen molar-refractivity contribution >= 4 is 69.3 Å². The molecule has 0 atom stereocenters. The molecule has 0 unspecified atom stereocenters. The smallest absolute Gasteiger partial charge is 0.260 e. The number of rotatable bonds is 8. The Labute approximate surface area is 671 Å². The van der Waals surface area contributed by atoms with E-state index in [0.717, 1.165) is 119 Å². The van der Waals surface area contributed by atoms with E-state index in [9.17, 15) is 0 Å². The zero-order chi connectivity index (χ0) is 76.8. The predicted octanol–water partition coefficient (Wildman–Crippen LogP) is 21.8. The van der Waals surface area contributed by atoms with Crippen molar-refractivity contribution in [2.75, 3.05) is 0 Å². The first-order chi connectivity index (χ1) is 56.6. The Bertz CT molecular complexity index is 6510. The quantitative estimate of drug-likeness (QED) is 0.141. The Morgan fingerprint density at radius 3 is 0.652 bits per heavy atom. The van der Waals surface area contributed by atoms with Gasteiger partial charge in [0.15, 0.2) is 0 Å². The molecule has 542 valence electrons. The van der Waals surface area contributed by atoms with Crippen molar-refractivity contribution in [3.63, 3.8) is 0 Å². The number of para-hydroxylation sites is 6. The average Bonchev–Trinajstić information content (AvgIpc) is 0.733. The maximum atomic E-state index is 6.59. The van der Waals surface area contributed by atoms with Crippen molar-refractivity contribution in [2.45, 2.75) is 27.7 Å². The molecule has 9 heteroatoms. The van der Waals surface area contributed by atoms with Gasteiger partial charge in [-0.1, -0.05) is 255 Å². The predicted molar refractivity (Wildman–Crippen MR) is 475 cm³/mol. The minimum Gasteiger partial charge on any atom is -0.458 e. The van der Waals surface area contributed by atoms with Gasteiger partial charge in [0.1, 0.15) is 69.0 Å². The molecule has 23 rings (SSSR count). The minimum absolute atomic E-state index is 0.0739. The molecule has 6 nitrogen and oxygen atoms in total. The Morgan fingerprint density at radius 2 is 0.348 bits per heavy atom. The lowest BCUT2D eigenvalue weighted by Crippen LogP contribution is -2.57. The molecular formula is C106H73B3O6. The van der Waals surface area contributed by atoms with E-state index in [1.807, 2.05) is 36.4 Å². The van der Waals surface area contributed by atoms with Gasteiger partial charge >= 0.3 is 0 Å². The van der Waals surface area contributed by atoms with Crippen molar-refractivity contribution in [2.24, 2.45) is 0 Å². The van der Waals surface area contributed by atoms with Gasteiger partial charge in [-0.15, -0.1) is 0 Å². The van der Waals surface area contributed by atoms with E-state index in [0.29, 0.717) is 0 Å². The summed E-state index contributed by atoms with van der Waals surface area (Å²) in [4.78, 5) is 0. The molecule has 0 aromatic heterocycles. The summed E-state index contributed by atoms with van der Waals surface area (Å²) >= 11 is 0. The number of benzene rings is 17. The van der Waals surface area contributed by atoms with Crippen LogP contribution in [-0.2, 0) is 0 Å². The molecule has 17 aromatic rings. The summed E-state index contributed by atoms with van der Waals surface area (Å²) in [6.45, 7) is 8.93. The minimum atomic E-state index is 0.0739. The van der Waals surface area contributed by atoms with E-state index in [-0.39, 0.29) is 20.1 Å². The zero-order valence-corrected chi connectivity index (χ0v) is 63.9. The van der Waals surface area contributed by atoms with E-state index in [1.54, 1.807) is 0 Å². The summed E-state index contributed by atoms with van der Waals surface area (Å²) in [5, 5.41) is 0. The maximum Gasteiger partial charge on any atom is 0.260 e. The van der Waals surface area contributed by atoms with Gasteiger partial charge in [-0.05, 0) is 287 Å². The highest BCUT2D eigenvalue weighted by Crippen LogP contribution is 2.46. The van der Waals surface area contributed by atoms with Gasteiger partial charge < -0.3 is 28.4 Å². The van der Waals surface area contributed by atoms with Crippen LogP contribution in [0.25, 0.3) is 89.0 Å². The fourth-order valence-electron chi connectivity index (χ4n) is 18.0. The fourth-order valence-corrected chi connectivity index (χ4v) is 18.0. The van der Waals surface area contributed by atoms with Gasteiger partial charge in [-0.2, -0.15) is 0 Å². The molecule has 0 N–H and O–H groups in total. The molecule has 17 aromatic carbocycles. The molecule has 0 spiro atoms. The SMILES string of the molecule is Cc1ccccc1-c1cc(-c2cc3c4c(c2)Oc2ccccc2B4c2ccccc2O3)cc(-c2ccccc2C)c1.Cc1ccccc1-c1cc(-c2ccccc2)cc(-c2cc3c4c(c2)Oc2ccccc2B4c2ccccc2O3)c1.Cc1ccccc1-c1cccc(-c2cc3c4c(c2)Oc2ccccc2B4c2ccccc2O3)c1. The van der Waals surface area contributed by atoms with Crippen LogP contribution < -0.4 is 77.6 Å². The molecule has 0 radical (unpaired) electrons. The first-order valence-corrected chi connectivity index (χ1v) is 39.5. The third-order valence-electron chi connectivity index (χ3n) is 23.5. The van der Waals surface area contributed by atoms with Crippen molar-refractivity contribution in [3.8, 4) is 158 Å². The Morgan fingerprint density at radius 1 is 0.148 bits per heavy atom. The molecule has 0 aliphatic carbocycles. The lowest BCUT2D eigenvalue weighted by atomic mass is 9.35. The molecule has 6 aliphatic rings. The van der Waals surface area contributed by atoms with Crippen LogP contribution in [0.15, 0.2) is 370 Å². The second kappa shape index (κ2) is 28.5. The second-order valence-electron chi connectivity index (χ2n) is 30.6. The van der Waals surface area contributed by atoms with Gasteiger partial charge in [-0.25, -0.2) is 0 Å². The molecule has 0 amide bonds. The number of hydrogen-bond donors (Lipinski definition) is 0. The third kappa shape index (κ3) is 12.4. The second-order valence-corrected chi connectivity index (χ2v) is 30.6. The summed E-state index contributed by atoms with van der Waals surface area (Å²) in [5.41, 5.74) is 34.1. The average molecular weight is 1480 g/mol. The fraction of sp³-hybridized carbons (Fsp3) is 0.0377. The molecule has 6 heterocycles. The number of ether oxygens (including phenoxy) is 6. The topological polar surface area (TPSA) is 55.4 Å².